The maximum absolute atomic E-state index is 14.8. The Hall–Kier alpha value is -9.56. The van der Waals surface area contributed by atoms with Gasteiger partial charge in [0.15, 0.2) is 23.5 Å². The zero-order valence-corrected chi connectivity index (χ0v) is 68.2. The molecule has 0 spiro atoms. The lowest BCUT2D eigenvalue weighted by molar-refractivity contribution is -0.193. The standard InChI is InChI=1S/C74H102N12O27P2/c1-72-27-26-49(87)30-47(72)19-21-50-52-32-55-74(73(52,2)33-53(88)70(50)72,112-69(111-55)25-16-45-14-13-15-45)54(89)44-110-115(107,108)113-114(105,106)109-29-28-75-56(90)22-18-46-17-20-48(86-57(91)23-24-58(86)92)31-51(46)71(104)85(12)42-67(101)83(10)40-65(99)81(8)38-63(97)79(6)36-61(95)77(4)34-59(93)76(3)35-60(94)78(5)37-62(96)80(7)39-64(98)82(9)41-66(100)84(11)43-68(102)103/h16-17,20,23-27,30-31,45,50,52-53,55,69-70,88H,13-15,18-19,21-22,28-29,32-44H2,1-12H3,(H,75,90)(H,102,103)(H,105,106)(H,107,108)/b25-16+/t50-,52-,53-,55+,69+,70+,72-,73-,74+/m0/s1. The van der Waals surface area contributed by atoms with Crippen molar-refractivity contribution >= 4 is 116 Å². The Morgan fingerprint density at radius 1 is 0.617 bits per heavy atom. The van der Waals surface area contributed by atoms with Crippen LogP contribution in [-0.2, 0) is 110 Å². The molecule has 2 aliphatic heterocycles. The first kappa shape index (κ1) is 91.0. The predicted octanol–water partition coefficient (Wildman–Crippen LogP) is -1.01. The number of Topliss-reactive ketones (excluding diaryl/α,β-unsaturated/α-hetero) is 1. The molecule has 7 aliphatic rings. The summed E-state index contributed by atoms with van der Waals surface area (Å²) in [7, 11) is 1.52. The van der Waals surface area contributed by atoms with Crippen molar-refractivity contribution in [1.82, 2.24) is 54.3 Å². The average molecular weight is 1650 g/mol. The average Bonchev–Trinajstić information content (AvgIpc) is 1.53. The van der Waals surface area contributed by atoms with Crippen molar-refractivity contribution in [2.45, 2.75) is 95.7 Å². The third-order valence-electron chi connectivity index (χ3n) is 22.5. The van der Waals surface area contributed by atoms with Gasteiger partial charge in [-0.1, -0.05) is 44.1 Å². The summed E-state index contributed by atoms with van der Waals surface area (Å²) in [5.41, 5.74) is -2.69. The smallest absolute Gasteiger partial charge is 0.480 e. The molecule has 11 atom stereocenters. The predicted molar refractivity (Wildman–Crippen MR) is 403 cm³/mol. The van der Waals surface area contributed by atoms with Crippen LogP contribution in [0.4, 0.5) is 5.69 Å². The van der Waals surface area contributed by atoms with Crippen molar-refractivity contribution in [3.63, 3.8) is 0 Å². The molecule has 5 N–H and O–H groups in total. The number of phosphoric acid groups is 2. The molecular weight excluding hydrogens is 1550 g/mol. The number of allylic oxidation sites excluding steroid dienone is 5. The number of fused-ring (bicyclic) bond motifs is 7. The highest BCUT2D eigenvalue weighted by atomic mass is 31.3. The number of ketones is 2. The highest BCUT2D eigenvalue weighted by Crippen LogP contribution is 2.70. The number of imide groups is 1. The lowest BCUT2D eigenvalue weighted by Crippen LogP contribution is -2.63. The number of hydrogen-bond donors (Lipinski definition) is 5. The molecule has 5 aliphatic carbocycles. The van der Waals surface area contributed by atoms with Crippen LogP contribution in [0.5, 0.6) is 0 Å². The number of nitrogens with one attached hydrogen (secondary N) is 1. The van der Waals surface area contributed by atoms with Crippen LogP contribution in [0.3, 0.4) is 0 Å². The minimum absolute atomic E-state index is 0.0435. The molecule has 4 saturated carbocycles. The number of likely N-dealkylation sites (N-methyl/N-ethyl adjacent to an activating group) is 10. The molecule has 2 heterocycles. The van der Waals surface area contributed by atoms with Crippen molar-refractivity contribution < 1.29 is 129 Å². The third-order valence-corrected chi connectivity index (χ3v) is 25.1. The number of aliphatic hydroxyl groups excluding tert-OH is 1. The molecule has 115 heavy (non-hydrogen) atoms. The van der Waals surface area contributed by atoms with Crippen LogP contribution in [0.1, 0.15) is 81.1 Å². The van der Waals surface area contributed by atoms with Gasteiger partial charge in [0, 0.05) is 118 Å². The second kappa shape index (κ2) is 37.6. The summed E-state index contributed by atoms with van der Waals surface area (Å²) in [6, 6.07) is 3.92. The van der Waals surface area contributed by atoms with Gasteiger partial charge in [-0.2, -0.15) is 4.31 Å². The number of nitrogens with zero attached hydrogens (tertiary/aromatic N) is 11. The van der Waals surface area contributed by atoms with Crippen LogP contribution in [0.25, 0.3) is 0 Å². The summed E-state index contributed by atoms with van der Waals surface area (Å²) < 4.78 is 54.3. The molecular formula is C74H102N12O27P2. The van der Waals surface area contributed by atoms with E-state index in [1.165, 1.54) is 94.8 Å². The first-order chi connectivity index (χ1) is 53.7. The van der Waals surface area contributed by atoms with Crippen molar-refractivity contribution in [3.05, 3.63) is 77.4 Å². The minimum Gasteiger partial charge on any atom is -0.480 e. The van der Waals surface area contributed by atoms with Gasteiger partial charge >= 0.3 is 21.6 Å². The fourth-order valence-corrected chi connectivity index (χ4v) is 17.7. The summed E-state index contributed by atoms with van der Waals surface area (Å²) in [6.07, 6.45) is 11.8. The number of amides is 13. The molecule has 5 fully saturated rings. The second-order valence-corrected chi connectivity index (χ2v) is 33.8. The molecule has 0 aromatic heterocycles. The molecule has 0 bridgehead atoms. The Balaban J connectivity index is 0.772. The van der Waals surface area contributed by atoms with Crippen molar-refractivity contribution in [2.24, 2.45) is 34.5 Å². The minimum atomic E-state index is -5.62. The van der Waals surface area contributed by atoms with Crippen LogP contribution in [0.15, 0.2) is 66.3 Å². The van der Waals surface area contributed by atoms with Gasteiger partial charge in [-0.05, 0) is 98.6 Å². The van der Waals surface area contributed by atoms with E-state index in [2.05, 4.69) is 9.63 Å². The molecule has 8 rings (SSSR count). The summed E-state index contributed by atoms with van der Waals surface area (Å²) in [5, 5.41) is 23.5. The van der Waals surface area contributed by atoms with Gasteiger partial charge in [-0.3, -0.25) is 85.8 Å². The van der Waals surface area contributed by atoms with Gasteiger partial charge in [0.1, 0.15) is 13.2 Å². The summed E-state index contributed by atoms with van der Waals surface area (Å²) in [6.45, 7) is -4.14. The van der Waals surface area contributed by atoms with Crippen LogP contribution >= 0.6 is 15.6 Å². The number of carbonyl (C=O) groups excluding carboxylic acids is 15. The van der Waals surface area contributed by atoms with Gasteiger partial charge in [-0.15, -0.1) is 0 Å². The zero-order valence-electron chi connectivity index (χ0n) is 66.4. The number of carboxylic acids is 1. The molecule has 2 unspecified atom stereocenters. The first-order valence-electron chi connectivity index (χ1n) is 37.1. The van der Waals surface area contributed by atoms with Gasteiger partial charge in [0.25, 0.3) is 17.7 Å². The molecule has 39 nitrogen and oxygen atoms in total. The Kier molecular flexibility index (Phi) is 29.7. The maximum atomic E-state index is 14.8. The van der Waals surface area contributed by atoms with E-state index in [1.807, 2.05) is 26.0 Å². The SMILES string of the molecule is CN(CC(=O)O)C(=O)CN(C)C(=O)CN(C)C(=O)CN(C)C(=O)CN(C)C(=O)CN(C)C(=O)CN(C)C(=O)CN(C)C(=O)CN(C)C(=O)CN(C)C(=O)c1cc(N2C(=O)C=CC2=O)ccc1CCC(=O)NCCOP(=O)(O)OP(=O)(O)OCC(=O)[C@@]12O[C@H](/C=C/C3CCC3)O[C@@H]1C[C@H]1[C@@H]3CCC4=CC(=O)C=C[C@]4(C)[C@H]3[C@@H](O)C[C@@]12C. The number of phosphoric ester groups is 2. The van der Waals surface area contributed by atoms with Crippen molar-refractivity contribution in [3.8, 4) is 0 Å². The number of aliphatic hydroxyl groups is 1. The number of anilines is 1. The molecule has 1 saturated heterocycles. The fraction of sp³-hybridized carbons (Fsp3) is 0.595. The number of carboxylic acid groups (broad SMARTS) is 1. The zero-order chi connectivity index (χ0) is 85.3. The van der Waals surface area contributed by atoms with Crippen LogP contribution in [0.2, 0.25) is 0 Å². The monoisotopic (exact) mass is 1650 g/mol. The van der Waals surface area contributed by atoms with E-state index >= 15 is 0 Å². The van der Waals surface area contributed by atoms with Crippen molar-refractivity contribution in [2.75, 3.05) is 161 Å². The Morgan fingerprint density at radius 3 is 1.54 bits per heavy atom. The number of carbonyl (C=O) groups is 16. The number of benzene rings is 1. The summed E-state index contributed by atoms with van der Waals surface area (Å²) in [4.78, 5) is 241. The largest absolute Gasteiger partial charge is 0.481 e. The second-order valence-electron chi connectivity index (χ2n) is 30.8. The molecule has 0 radical (unpaired) electrons. The lowest BCUT2D eigenvalue weighted by atomic mass is 9.46. The van der Waals surface area contributed by atoms with E-state index in [0.717, 1.165) is 90.9 Å². The highest BCUT2D eigenvalue weighted by molar-refractivity contribution is 7.61. The number of ether oxygens (including phenoxy) is 2. The normalized spacial score (nSPS) is 24.1. The lowest BCUT2D eigenvalue weighted by Gasteiger charge is -2.59. The van der Waals surface area contributed by atoms with Crippen LogP contribution in [0, 0.1) is 34.5 Å². The topological polar surface area (TPSA) is 482 Å². The maximum Gasteiger partial charge on any atom is 0.481 e. The van der Waals surface area contributed by atoms with E-state index in [9.17, 15) is 101 Å². The molecule has 13 amide bonds. The van der Waals surface area contributed by atoms with E-state index in [0.29, 0.717) is 25.2 Å². The molecule has 1 aromatic rings. The van der Waals surface area contributed by atoms with Gasteiger partial charge < -0.3 is 83.8 Å². The number of hydrogen-bond acceptors (Lipinski definition) is 24. The van der Waals surface area contributed by atoms with E-state index in [1.54, 1.807) is 12.2 Å². The van der Waals surface area contributed by atoms with Gasteiger partial charge in [-0.25, -0.2) is 14.0 Å². The van der Waals surface area contributed by atoms with Crippen molar-refractivity contribution in [1.29, 1.82) is 0 Å². The van der Waals surface area contributed by atoms with Crippen LogP contribution in [-0.4, -0.2) is 343 Å². The quantitative estimate of drug-likeness (QED) is 0.0231. The van der Waals surface area contributed by atoms with Gasteiger partial charge in [0.2, 0.25) is 59.1 Å². The molecule has 1 aromatic carbocycles. The fourth-order valence-electron chi connectivity index (χ4n) is 15.6. The third kappa shape index (κ3) is 21.8. The Bertz CT molecular complexity index is 4260. The van der Waals surface area contributed by atoms with Gasteiger partial charge in [0.05, 0.1) is 83.4 Å². The summed E-state index contributed by atoms with van der Waals surface area (Å²) in [5.74, 6) is -12.0. The first-order valence-corrected chi connectivity index (χ1v) is 40.1. The number of rotatable bonds is 37. The van der Waals surface area contributed by atoms with Crippen LogP contribution < -0.4 is 10.2 Å². The molecule has 41 heteroatoms. The van der Waals surface area contributed by atoms with E-state index in [-0.39, 0.29) is 59.6 Å². The Morgan fingerprint density at radius 2 is 1.08 bits per heavy atom. The number of aliphatic carboxylic acids is 1. The highest BCUT2D eigenvalue weighted by Gasteiger charge is 2.76. The summed E-state index contributed by atoms with van der Waals surface area (Å²) >= 11 is 0. The molecule has 630 valence electrons. The Labute approximate surface area is 664 Å². The van der Waals surface area contributed by atoms with E-state index < -0.39 is 224 Å². The van der Waals surface area contributed by atoms with E-state index in [4.69, 9.17) is 23.6 Å². The number of aryl methyl sites for hydroxylation is 1.